The highest BCUT2D eigenvalue weighted by molar-refractivity contribution is 6.08. The Morgan fingerprint density at radius 2 is 1.84 bits per heavy atom. The summed E-state index contributed by atoms with van der Waals surface area (Å²) in [5.74, 6) is -1.38. The Hall–Kier alpha value is -6.23. The molecule has 3 amide bonds. The van der Waals surface area contributed by atoms with Crippen molar-refractivity contribution < 1.29 is 23.2 Å². The van der Waals surface area contributed by atoms with Crippen molar-refractivity contribution in [2.45, 2.75) is 44.7 Å². The van der Waals surface area contributed by atoms with E-state index < -0.39 is 30.0 Å². The molecule has 1 atom stereocenters. The molecular formula is C38H37F2N11O4. The highest BCUT2D eigenvalue weighted by Crippen LogP contribution is 2.43. The lowest BCUT2D eigenvalue weighted by Gasteiger charge is -2.54. The van der Waals surface area contributed by atoms with E-state index in [0.29, 0.717) is 23.3 Å². The first-order valence-corrected chi connectivity index (χ1v) is 18.2. The smallest absolute Gasteiger partial charge is 0.329 e. The van der Waals surface area contributed by atoms with E-state index in [1.54, 1.807) is 23.9 Å². The van der Waals surface area contributed by atoms with Crippen molar-refractivity contribution in [3.8, 4) is 5.69 Å². The van der Waals surface area contributed by atoms with Gasteiger partial charge >= 0.3 is 5.69 Å². The van der Waals surface area contributed by atoms with Crippen LogP contribution in [0.25, 0.3) is 22.4 Å². The number of rotatable bonds is 8. The summed E-state index contributed by atoms with van der Waals surface area (Å²) in [6.07, 6.45) is 5.46. The summed E-state index contributed by atoms with van der Waals surface area (Å²) in [6.45, 7) is 4.33. The van der Waals surface area contributed by atoms with Crippen molar-refractivity contribution in [1.29, 1.82) is 0 Å². The largest absolute Gasteiger partial charge is 0.370 e. The average molecular weight is 750 g/mol. The number of carbonyl (C=O) groups is 3. The van der Waals surface area contributed by atoms with Crippen molar-refractivity contribution in [2.24, 2.45) is 12.5 Å². The lowest BCUT2D eigenvalue weighted by atomic mass is 9.71. The van der Waals surface area contributed by atoms with E-state index in [1.807, 2.05) is 42.5 Å². The summed E-state index contributed by atoms with van der Waals surface area (Å²) in [4.78, 5) is 59.7. The fourth-order valence-electron chi connectivity index (χ4n) is 8.42. The first-order valence-electron chi connectivity index (χ1n) is 18.2. The van der Waals surface area contributed by atoms with Gasteiger partial charge in [-0.15, -0.1) is 0 Å². The van der Waals surface area contributed by atoms with Gasteiger partial charge in [0.25, 0.3) is 12.3 Å². The summed E-state index contributed by atoms with van der Waals surface area (Å²) in [5, 5.41) is 13.1. The van der Waals surface area contributed by atoms with Gasteiger partial charge < -0.3 is 10.2 Å². The molecule has 1 spiro atoms. The molecule has 55 heavy (non-hydrogen) atoms. The third-order valence-corrected chi connectivity index (χ3v) is 11.2. The maximum atomic E-state index is 14.0. The van der Waals surface area contributed by atoms with Crippen LogP contribution in [-0.4, -0.2) is 82.3 Å². The molecule has 0 aliphatic carbocycles. The van der Waals surface area contributed by atoms with Crippen molar-refractivity contribution in [2.75, 3.05) is 36.4 Å². The van der Waals surface area contributed by atoms with Crippen molar-refractivity contribution in [1.82, 2.24) is 43.7 Å². The van der Waals surface area contributed by atoms with Gasteiger partial charge in [-0.1, -0.05) is 18.2 Å². The topological polar surface area (TPSA) is 157 Å². The minimum absolute atomic E-state index is 0.0948. The molecule has 282 valence electrons. The predicted octanol–water partition coefficient (Wildman–Crippen LogP) is 3.84. The number of hydrogen-bond acceptors (Lipinski definition) is 9. The Kier molecular flexibility index (Phi) is 8.33. The molecule has 3 aliphatic heterocycles. The third-order valence-electron chi connectivity index (χ3n) is 11.2. The number of anilines is 2. The van der Waals surface area contributed by atoms with Gasteiger partial charge in [-0.05, 0) is 60.6 Å². The number of para-hydroxylation sites is 1. The molecule has 1 unspecified atom stereocenters. The fraction of sp³-hybridized carbons (Fsp3) is 0.342. The second kappa shape index (κ2) is 13.3. The van der Waals surface area contributed by atoms with E-state index in [4.69, 9.17) is 0 Å². The number of fused-ring (bicyclic) bond motifs is 2. The highest BCUT2D eigenvalue weighted by Gasteiger charge is 2.45. The summed E-state index contributed by atoms with van der Waals surface area (Å²) < 4.78 is 33.9. The van der Waals surface area contributed by atoms with Gasteiger partial charge in [-0.3, -0.25) is 33.7 Å². The molecule has 15 nitrogen and oxygen atoms in total. The molecule has 2 N–H and O–H groups in total. The molecule has 2 aromatic carbocycles. The number of nitrogens with zero attached hydrogens (tertiary/aromatic N) is 9. The van der Waals surface area contributed by atoms with Crippen molar-refractivity contribution >= 4 is 45.8 Å². The van der Waals surface area contributed by atoms with Gasteiger partial charge in [0, 0.05) is 58.6 Å². The van der Waals surface area contributed by atoms with Gasteiger partial charge in [0.2, 0.25) is 11.8 Å². The minimum atomic E-state index is -2.90. The van der Waals surface area contributed by atoms with Crippen molar-refractivity contribution in [3.05, 3.63) is 101 Å². The number of carbonyl (C=O) groups excluding carboxylic acids is 3. The number of imidazole rings is 1. The molecule has 0 saturated carbocycles. The molecular weight excluding hydrogens is 712 g/mol. The molecule has 4 aromatic heterocycles. The lowest BCUT2D eigenvalue weighted by molar-refractivity contribution is -0.135. The van der Waals surface area contributed by atoms with Crippen LogP contribution in [0, 0.1) is 5.41 Å². The molecule has 9 rings (SSSR count). The second-order valence-corrected chi connectivity index (χ2v) is 14.7. The summed E-state index contributed by atoms with van der Waals surface area (Å²) >= 11 is 0. The fourth-order valence-corrected chi connectivity index (χ4v) is 8.42. The lowest BCUT2D eigenvalue weighted by Crippen LogP contribution is -2.59. The number of piperidine rings is 2. The number of aryl methyl sites for hydroxylation is 1. The number of halogens is 2. The van der Waals surface area contributed by atoms with Crippen LogP contribution in [-0.2, 0) is 23.2 Å². The number of likely N-dealkylation sites (tertiary alicyclic amines) is 1. The molecule has 3 fully saturated rings. The van der Waals surface area contributed by atoms with E-state index >= 15 is 0 Å². The molecule has 3 saturated heterocycles. The van der Waals surface area contributed by atoms with Gasteiger partial charge in [-0.25, -0.2) is 27.8 Å². The van der Waals surface area contributed by atoms with Gasteiger partial charge in [0.1, 0.15) is 11.6 Å². The number of benzene rings is 2. The standard InChI is InChI=1S/C38H37F2N11O4/c1-46-32-27(4-2-5-28(32)51(37(46)55)29-10-11-30(52)44-36(29)54)48-16-12-38(13-17-48)21-47(22-38)19-23-6-8-24(9-7-23)50-20-26(31(45-50)33(39)40)43-35(53)25-18-42-49-15-3-14-41-34(25)49/h2-9,14-15,18,20,29,33H,10-13,16-17,19,21-22H2,1H3,(H,43,53)(H,44,52,54). The molecule has 17 heteroatoms. The Balaban J connectivity index is 0.830. The minimum Gasteiger partial charge on any atom is -0.370 e. The van der Waals surface area contributed by atoms with Crippen LogP contribution >= 0.6 is 0 Å². The van der Waals surface area contributed by atoms with Crippen LogP contribution in [0.15, 0.2) is 78.1 Å². The molecule has 0 radical (unpaired) electrons. The maximum absolute atomic E-state index is 14.0. The number of nitrogens with one attached hydrogen (secondary N) is 2. The van der Waals surface area contributed by atoms with Crippen LogP contribution in [0.2, 0.25) is 0 Å². The van der Waals surface area contributed by atoms with E-state index in [-0.39, 0.29) is 34.7 Å². The summed E-state index contributed by atoms with van der Waals surface area (Å²) in [6, 6.07) is 14.3. The SMILES string of the molecule is Cn1c(=O)n(C2CCC(=O)NC2=O)c2cccc(N3CCC4(CC3)CN(Cc3ccc(-n5cc(NC(=O)c6cnn7cccnc67)c(C(F)F)n5)cc3)C4)c21. The van der Waals surface area contributed by atoms with E-state index in [2.05, 4.69) is 35.6 Å². The number of hydrogen-bond donors (Lipinski definition) is 2. The predicted molar refractivity (Wildman–Crippen MR) is 197 cm³/mol. The number of amides is 3. The summed E-state index contributed by atoms with van der Waals surface area (Å²) in [7, 11) is 1.73. The number of alkyl halides is 2. The first-order chi connectivity index (χ1) is 26.6. The zero-order valence-electron chi connectivity index (χ0n) is 29.9. The van der Waals surface area contributed by atoms with E-state index in [9.17, 15) is 28.0 Å². The van der Waals surface area contributed by atoms with E-state index in [0.717, 1.165) is 62.3 Å². The second-order valence-electron chi connectivity index (χ2n) is 14.7. The average Bonchev–Trinajstić information content (AvgIpc) is 3.86. The molecule has 7 heterocycles. The zero-order valence-corrected chi connectivity index (χ0v) is 29.9. The Bertz CT molecular complexity index is 2540. The maximum Gasteiger partial charge on any atom is 0.329 e. The number of imide groups is 1. The van der Waals surface area contributed by atoms with Crippen LogP contribution in [0.1, 0.15) is 59.8 Å². The Morgan fingerprint density at radius 1 is 1.05 bits per heavy atom. The molecule has 6 aromatic rings. The van der Waals surface area contributed by atoms with Gasteiger partial charge in [0.15, 0.2) is 11.3 Å². The van der Waals surface area contributed by atoms with Crippen LogP contribution in [0.4, 0.5) is 20.2 Å². The Morgan fingerprint density at radius 3 is 2.58 bits per heavy atom. The van der Waals surface area contributed by atoms with Gasteiger partial charge in [-0.2, -0.15) is 10.2 Å². The van der Waals surface area contributed by atoms with Crippen LogP contribution in [0.3, 0.4) is 0 Å². The quantitative estimate of drug-likeness (QED) is 0.221. The zero-order chi connectivity index (χ0) is 38.0. The van der Waals surface area contributed by atoms with Crippen LogP contribution < -0.4 is 21.2 Å². The third kappa shape index (κ3) is 6.04. The Labute approximate surface area is 312 Å². The van der Waals surface area contributed by atoms with Gasteiger partial charge in [0.05, 0.1) is 40.5 Å². The van der Waals surface area contributed by atoms with Crippen molar-refractivity contribution in [3.63, 3.8) is 0 Å². The first kappa shape index (κ1) is 34.5. The monoisotopic (exact) mass is 749 g/mol. The normalized spacial score (nSPS) is 18.7. The number of aromatic nitrogens is 7. The molecule has 0 bridgehead atoms. The molecule has 3 aliphatic rings. The van der Waals surface area contributed by atoms with Crippen LogP contribution in [0.5, 0.6) is 0 Å². The highest BCUT2D eigenvalue weighted by atomic mass is 19.3. The summed E-state index contributed by atoms with van der Waals surface area (Å²) in [5.41, 5.74) is 3.86. The van der Waals surface area contributed by atoms with E-state index in [1.165, 1.54) is 32.4 Å².